The molecule has 0 bridgehead atoms. The molecule has 1 atom stereocenters. The van der Waals surface area contributed by atoms with Crippen LogP contribution in [0, 0.1) is 0 Å². The fraction of sp³-hybridized carbons (Fsp3) is 0.368. The van der Waals surface area contributed by atoms with Gasteiger partial charge >= 0.3 is 5.97 Å². The van der Waals surface area contributed by atoms with Crippen LogP contribution < -0.4 is 20.1 Å². The summed E-state index contributed by atoms with van der Waals surface area (Å²) in [5.41, 5.74) is 1.48. The van der Waals surface area contributed by atoms with Crippen molar-refractivity contribution in [3.05, 3.63) is 40.3 Å². The predicted molar refractivity (Wildman–Crippen MR) is 112 cm³/mol. The highest BCUT2D eigenvalue weighted by Crippen LogP contribution is 2.31. The average Bonchev–Trinajstić information content (AvgIpc) is 3.09. The molecule has 1 unspecified atom stereocenters. The van der Waals surface area contributed by atoms with Crippen LogP contribution in [0.2, 0.25) is 0 Å². The maximum Gasteiger partial charge on any atom is 0.340 e. The molecule has 0 aliphatic carbocycles. The van der Waals surface area contributed by atoms with Crippen LogP contribution in [0.4, 0.5) is 5.00 Å². The largest absolute Gasteiger partial charge is 0.493 e. The highest BCUT2D eigenvalue weighted by Gasteiger charge is 2.18. The summed E-state index contributed by atoms with van der Waals surface area (Å²) in [5, 5.41) is 7.44. The van der Waals surface area contributed by atoms with Crippen molar-refractivity contribution in [3.8, 4) is 11.5 Å². The number of thiocarbonyl (C=S) groups is 1. The van der Waals surface area contributed by atoms with Crippen molar-refractivity contribution in [1.82, 2.24) is 5.32 Å². The van der Waals surface area contributed by atoms with E-state index in [1.54, 1.807) is 14.2 Å². The average molecular weight is 409 g/mol. The van der Waals surface area contributed by atoms with E-state index in [-0.39, 0.29) is 12.0 Å². The van der Waals surface area contributed by atoms with Gasteiger partial charge < -0.3 is 24.8 Å². The van der Waals surface area contributed by atoms with Gasteiger partial charge in [-0.1, -0.05) is 13.0 Å². The number of aryl methyl sites for hydroxylation is 1. The van der Waals surface area contributed by atoms with Crippen molar-refractivity contribution in [2.45, 2.75) is 26.3 Å². The van der Waals surface area contributed by atoms with Gasteiger partial charge in [-0.15, -0.1) is 11.3 Å². The molecule has 0 amide bonds. The molecule has 2 rings (SSSR count). The highest BCUT2D eigenvalue weighted by atomic mass is 32.1. The Kier molecular flexibility index (Phi) is 7.44. The Morgan fingerprint density at radius 3 is 2.48 bits per heavy atom. The molecule has 146 valence electrons. The Bertz CT molecular complexity index is 820. The normalized spacial score (nSPS) is 11.4. The number of esters is 1. The zero-order valence-corrected chi connectivity index (χ0v) is 17.7. The lowest BCUT2D eigenvalue weighted by molar-refractivity contribution is 0.0602. The predicted octanol–water partition coefficient (Wildman–Crippen LogP) is 4.16. The number of rotatable bonds is 7. The fourth-order valence-electron chi connectivity index (χ4n) is 2.51. The first-order valence-electron chi connectivity index (χ1n) is 8.43. The third kappa shape index (κ3) is 5.11. The fourth-order valence-corrected chi connectivity index (χ4v) is 3.84. The Hall–Kier alpha value is -2.32. The van der Waals surface area contributed by atoms with Crippen molar-refractivity contribution in [2.24, 2.45) is 0 Å². The minimum Gasteiger partial charge on any atom is -0.493 e. The van der Waals surface area contributed by atoms with E-state index in [2.05, 4.69) is 10.6 Å². The number of thiophene rings is 1. The quantitative estimate of drug-likeness (QED) is 0.526. The molecule has 2 N–H and O–H groups in total. The van der Waals surface area contributed by atoms with Crippen LogP contribution in [-0.4, -0.2) is 32.4 Å². The van der Waals surface area contributed by atoms with Gasteiger partial charge in [0.05, 0.1) is 32.9 Å². The molecule has 2 aromatic rings. The van der Waals surface area contributed by atoms with E-state index < -0.39 is 0 Å². The molecule has 0 fully saturated rings. The third-order valence-corrected chi connectivity index (χ3v) is 5.43. The molecule has 0 saturated carbocycles. The van der Waals surface area contributed by atoms with Gasteiger partial charge in [-0.25, -0.2) is 4.79 Å². The van der Waals surface area contributed by atoms with Crippen LogP contribution in [-0.2, 0) is 11.2 Å². The van der Waals surface area contributed by atoms with Crippen LogP contribution in [0.1, 0.15) is 40.7 Å². The number of carbonyl (C=O) groups excluding carboxylic acids is 1. The summed E-state index contributed by atoms with van der Waals surface area (Å²) in [4.78, 5) is 13.1. The zero-order valence-electron chi connectivity index (χ0n) is 16.0. The number of hydrogen-bond acceptors (Lipinski definition) is 6. The maximum absolute atomic E-state index is 12.0. The lowest BCUT2D eigenvalue weighted by Crippen LogP contribution is -2.31. The van der Waals surface area contributed by atoms with Gasteiger partial charge in [0.1, 0.15) is 5.00 Å². The molecule has 0 spiro atoms. The number of carbonyl (C=O) groups is 1. The van der Waals surface area contributed by atoms with Crippen LogP contribution in [0.25, 0.3) is 0 Å². The van der Waals surface area contributed by atoms with Crippen molar-refractivity contribution in [1.29, 1.82) is 0 Å². The van der Waals surface area contributed by atoms with Crippen LogP contribution in [0.5, 0.6) is 11.5 Å². The summed E-state index contributed by atoms with van der Waals surface area (Å²) in [7, 11) is 4.57. The molecule has 0 aliphatic heterocycles. The lowest BCUT2D eigenvalue weighted by Gasteiger charge is -2.18. The highest BCUT2D eigenvalue weighted by molar-refractivity contribution is 7.80. The Balaban J connectivity index is 2.11. The van der Waals surface area contributed by atoms with E-state index in [0.29, 0.717) is 27.2 Å². The number of nitrogens with one attached hydrogen (secondary N) is 2. The van der Waals surface area contributed by atoms with E-state index in [0.717, 1.165) is 16.9 Å². The molecular weight excluding hydrogens is 384 g/mol. The summed E-state index contributed by atoms with van der Waals surface area (Å²) in [6, 6.07) is 7.46. The van der Waals surface area contributed by atoms with Crippen molar-refractivity contribution in [2.75, 3.05) is 26.6 Å². The Morgan fingerprint density at radius 1 is 1.19 bits per heavy atom. The van der Waals surface area contributed by atoms with Gasteiger partial charge in [0.25, 0.3) is 0 Å². The molecule has 1 heterocycles. The third-order valence-electron chi connectivity index (χ3n) is 4.02. The second-order valence-corrected chi connectivity index (χ2v) is 7.28. The minimum absolute atomic E-state index is 0.0722. The van der Waals surface area contributed by atoms with Gasteiger partial charge in [0.15, 0.2) is 16.6 Å². The van der Waals surface area contributed by atoms with Crippen LogP contribution >= 0.6 is 23.6 Å². The lowest BCUT2D eigenvalue weighted by atomic mass is 10.1. The number of anilines is 1. The molecule has 0 saturated heterocycles. The molecule has 0 aliphatic rings. The number of methoxy groups -OCH3 is 3. The first kappa shape index (κ1) is 21.0. The monoisotopic (exact) mass is 408 g/mol. The van der Waals surface area contributed by atoms with Crippen LogP contribution in [0.15, 0.2) is 24.3 Å². The van der Waals surface area contributed by atoms with Crippen LogP contribution in [0.3, 0.4) is 0 Å². The molecule has 6 nitrogen and oxygen atoms in total. The van der Waals surface area contributed by atoms with Crippen molar-refractivity contribution >= 4 is 39.6 Å². The minimum atomic E-state index is -0.385. The molecule has 1 aromatic carbocycles. The molecular formula is C19H24N2O4S2. The standard InChI is InChI=1S/C19H24N2O4S2/c1-6-13-10-14(18(22)25-5)17(27-13)21-19(26)20-11(2)12-7-8-15(23-3)16(9-12)24-4/h7-11H,6H2,1-5H3,(H2,20,21,26). The van der Waals surface area contributed by atoms with Gasteiger partial charge in [0, 0.05) is 4.88 Å². The number of ether oxygens (including phenoxy) is 3. The smallest absolute Gasteiger partial charge is 0.340 e. The van der Waals surface area contributed by atoms with E-state index in [4.69, 9.17) is 26.4 Å². The number of benzene rings is 1. The second kappa shape index (κ2) is 9.57. The molecule has 27 heavy (non-hydrogen) atoms. The van der Waals surface area contributed by atoms with Gasteiger partial charge in [0.2, 0.25) is 0 Å². The summed E-state index contributed by atoms with van der Waals surface area (Å²) in [6.07, 6.45) is 0.832. The van der Waals surface area contributed by atoms with E-state index >= 15 is 0 Å². The van der Waals surface area contributed by atoms with Crippen molar-refractivity contribution in [3.63, 3.8) is 0 Å². The number of hydrogen-bond donors (Lipinski definition) is 2. The first-order chi connectivity index (χ1) is 12.9. The maximum atomic E-state index is 12.0. The van der Waals surface area contributed by atoms with Gasteiger partial charge in [-0.3, -0.25) is 0 Å². The second-order valence-electron chi connectivity index (χ2n) is 5.74. The van der Waals surface area contributed by atoms with E-state index in [9.17, 15) is 4.79 Å². The van der Waals surface area contributed by atoms with E-state index in [1.165, 1.54) is 18.4 Å². The summed E-state index contributed by atoms with van der Waals surface area (Å²) in [5.74, 6) is 0.938. The summed E-state index contributed by atoms with van der Waals surface area (Å²) in [6.45, 7) is 4.02. The Labute approximate surface area is 168 Å². The molecule has 1 aromatic heterocycles. The van der Waals surface area contributed by atoms with Gasteiger partial charge in [-0.2, -0.15) is 0 Å². The molecule has 0 radical (unpaired) electrons. The summed E-state index contributed by atoms with van der Waals surface area (Å²) >= 11 is 6.92. The first-order valence-corrected chi connectivity index (χ1v) is 9.66. The van der Waals surface area contributed by atoms with Crippen molar-refractivity contribution < 1.29 is 19.0 Å². The summed E-state index contributed by atoms with van der Waals surface area (Å²) < 4.78 is 15.5. The Morgan fingerprint density at radius 2 is 1.89 bits per heavy atom. The SMILES string of the molecule is CCc1cc(C(=O)OC)c(NC(=S)NC(C)c2ccc(OC)c(OC)c2)s1. The molecule has 8 heteroatoms. The zero-order chi connectivity index (χ0) is 20.0. The topological polar surface area (TPSA) is 68.8 Å². The van der Waals surface area contributed by atoms with Gasteiger partial charge in [-0.05, 0) is 49.3 Å². The van der Waals surface area contributed by atoms with E-state index in [1.807, 2.05) is 38.1 Å².